The summed E-state index contributed by atoms with van der Waals surface area (Å²) < 4.78 is 19.8. The minimum Gasteiger partial charge on any atom is -0.487 e. The molecule has 2 heterocycles. The Morgan fingerprint density at radius 1 is 1.03 bits per heavy atom. The monoisotopic (exact) mass is 529 g/mol. The first kappa shape index (κ1) is 25.3. The molecule has 0 radical (unpaired) electrons. The number of halogens is 2. The molecule has 8 nitrogen and oxygen atoms in total. The van der Waals surface area contributed by atoms with Crippen molar-refractivity contribution in [2.75, 3.05) is 41.7 Å². The largest absolute Gasteiger partial charge is 0.487 e. The third-order valence-corrected chi connectivity index (χ3v) is 6.36. The van der Waals surface area contributed by atoms with Gasteiger partial charge in [-0.3, -0.25) is 0 Å². The van der Waals surface area contributed by atoms with Gasteiger partial charge in [-0.1, -0.05) is 35.9 Å². The highest BCUT2D eigenvalue weighted by atomic mass is 35.5. The Balaban J connectivity index is 1.31. The molecule has 0 unspecified atom stereocenters. The van der Waals surface area contributed by atoms with Gasteiger partial charge < -0.3 is 25.6 Å². The van der Waals surface area contributed by atoms with Gasteiger partial charge in [0.2, 0.25) is 5.95 Å². The van der Waals surface area contributed by atoms with Crippen molar-refractivity contribution in [2.45, 2.75) is 6.61 Å². The molecule has 1 fully saturated rings. The molecule has 5 rings (SSSR count). The third-order valence-electron chi connectivity index (χ3n) is 6.08. The first-order chi connectivity index (χ1) is 18.6. The van der Waals surface area contributed by atoms with Gasteiger partial charge in [0.25, 0.3) is 0 Å². The van der Waals surface area contributed by atoms with E-state index in [1.165, 1.54) is 12.3 Å². The van der Waals surface area contributed by atoms with E-state index in [4.69, 9.17) is 16.3 Å². The molecule has 3 N–H and O–H groups in total. The van der Waals surface area contributed by atoms with Crippen LogP contribution < -0.4 is 25.6 Å². The van der Waals surface area contributed by atoms with Crippen molar-refractivity contribution >= 4 is 40.4 Å². The molecule has 4 aromatic rings. The van der Waals surface area contributed by atoms with Gasteiger partial charge in [-0.2, -0.15) is 10.2 Å². The second-order valence-corrected chi connectivity index (χ2v) is 9.00. The number of hydrogen-bond donors (Lipinski definition) is 3. The predicted octanol–water partition coefficient (Wildman–Crippen LogP) is 5.62. The number of nitriles is 1. The topological polar surface area (TPSA) is 98.1 Å². The number of anilines is 5. The fraction of sp³-hybridized carbons (Fsp3) is 0.179. The highest BCUT2D eigenvalue weighted by Crippen LogP contribution is 2.31. The number of rotatable bonds is 8. The lowest BCUT2D eigenvalue weighted by Crippen LogP contribution is -2.43. The van der Waals surface area contributed by atoms with E-state index in [1.807, 2.05) is 12.1 Å². The average molecular weight is 530 g/mol. The van der Waals surface area contributed by atoms with Crippen LogP contribution in [0, 0.1) is 17.1 Å². The Morgan fingerprint density at radius 3 is 2.58 bits per heavy atom. The molecule has 192 valence electrons. The number of benzene rings is 3. The van der Waals surface area contributed by atoms with Crippen LogP contribution in [0.15, 0.2) is 72.9 Å². The van der Waals surface area contributed by atoms with Gasteiger partial charge in [0.1, 0.15) is 34.8 Å². The summed E-state index contributed by atoms with van der Waals surface area (Å²) in [5.41, 5.74) is 3.09. The van der Waals surface area contributed by atoms with Gasteiger partial charge in [-0.25, -0.2) is 9.37 Å². The zero-order chi connectivity index (χ0) is 26.3. The highest BCUT2D eigenvalue weighted by Gasteiger charge is 2.14. The Hall–Kier alpha value is -4.39. The summed E-state index contributed by atoms with van der Waals surface area (Å²) in [5, 5.41) is 19.8. The van der Waals surface area contributed by atoms with Gasteiger partial charge in [0, 0.05) is 43.1 Å². The summed E-state index contributed by atoms with van der Waals surface area (Å²) in [7, 11) is 0. The smallest absolute Gasteiger partial charge is 0.229 e. The predicted molar refractivity (Wildman–Crippen MR) is 147 cm³/mol. The number of piperazine rings is 1. The first-order valence-corrected chi connectivity index (χ1v) is 12.5. The van der Waals surface area contributed by atoms with Crippen LogP contribution in [0.5, 0.6) is 5.75 Å². The summed E-state index contributed by atoms with van der Waals surface area (Å²) in [6, 6.07) is 21.7. The molecule has 1 aromatic heterocycles. The zero-order valence-corrected chi connectivity index (χ0v) is 21.2. The lowest BCUT2D eigenvalue weighted by molar-refractivity contribution is 0.299. The van der Waals surface area contributed by atoms with Crippen molar-refractivity contribution in [3.63, 3.8) is 0 Å². The normalized spacial score (nSPS) is 13.0. The maximum absolute atomic E-state index is 14.0. The van der Waals surface area contributed by atoms with E-state index >= 15 is 0 Å². The van der Waals surface area contributed by atoms with E-state index in [0.29, 0.717) is 28.8 Å². The second-order valence-electron chi connectivity index (χ2n) is 8.59. The van der Waals surface area contributed by atoms with Crippen LogP contribution in [0.1, 0.15) is 11.1 Å². The molecule has 0 bridgehead atoms. The van der Waals surface area contributed by atoms with Crippen LogP contribution in [0.25, 0.3) is 0 Å². The molecule has 10 heteroatoms. The summed E-state index contributed by atoms with van der Waals surface area (Å²) >= 11 is 6.37. The molecule has 0 aliphatic carbocycles. The van der Waals surface area contributed by atoms with E-state index in [0.717, 1.165) is 37.6 Å². The maximum Gasteiger partial charge on any atom is 0.229 e. The zero-order valence-electron chi connectivity index (χ0n) is 20.4. The summed E-state index contributed by atoms with van der Waals surface area (Å²) in [6.45, 7) is 3.88. The van der Waals surface area contributed by atoms with Crippen molar-refractivity contribution in [2.24, 2.45) is 0 Å². The minimum atomic E-state index is -0.369. The fourth-order valence-electron chi connectivity index (χ4n) is 4.09. The van der Waals surface area contributed by atoms with Gasteiger partial charge >= 0.3 is 0 Å². The van der Waals surface area contributed by atoms with Crippen LogP contribution in [0.2, 0.25) is 5.02 Å². The molecule has 0 spiro atoms. The maximum atomic E-state index is 14.0. The molecule has 3 aromatic carbocycles. The van der Waals surface area contributed by atoms with Gasteiger partial charge in [0.05, 0.1) is 11.9 Å². The van der Waals surface area contributed by atoms with Gasteiger partial charge in [-0.05, 0) is 42.5 Å². The summed E-state index contributed by atoms with van der Waals surface area (Å²) in [4.78, 5) is 11.1. The van der Waals surface area contributed by atoms with Crippen molar-refractivity contribution in [3.8, 4) is 11.8 Å². The van der Waals surface area contributed by atoms with E-state index in [1.54, 1.807) is 36.4 Å². The lowest BCUT2D eigenvalue weighted by atomic mass is 10.1. The van der Waals surface area contributed by atoms with Crippen molar-refractivity contribution < 1.29 is 9.13 Å². The fourth-order valence-corrected chi connectivity index (χ4v) is 4.23. The number of ether oxygens (including phenoxy) is 1. The number of nitrogens with zero attached hydrogens (tertiary/aromatic N) is 4. The van der Waals surface area contributed by atoms with E-state index in [-0.39, 0.29) is 23.0 Å². The number of nitrogens with one attached hydrogen (secondary N) is 3. The van der Waals surface area contributed by atoms with Crippen LogP contribution in [0.3, 0.4) is 0 Å². The Morgan fingerprint density at radius 2 is 1.82 bits per heavy atom. The van der Waals surface area contributed by atoms with Crippen LogP contribution in [-0.4, -0.2) is 36.1 Å². The average Bonchev–Trinajstić information content (AvgIpc) is 2.95. The molecule has 0 atom stereocenters. The van der Waals surface area contributed by atoms with Crippen LogP contribution in [0.4, 0.5) is 33.2 Å². The van der Waals surface area contributed by atoms with E-state index in [2.05, 4.69) is 49.0 Å². The third kappa shape index (κ3) is 5.94. The van der Waals surface area contributed by atoms with Gasteiger partial charge in [-0.15, -0.1) is 0 Å². The minimum absolute atomic E-state index is 0.0133. The quantitative estimate of drug-likeness (QED) is 0.271. The van der Waals surface area contributed by atoms with Crippen molar-refractivity contribution in [3.05, 3.63) is 94.9 Å². The number of aromatic nitrogens is 2. The summed E-state index contributed by atoms with van der Waals surface area (Å²) in [6.07, 6.45) is 1.49. The highest BCUT2D eigenvalue weighted by molar-refractivity contribution is 6.32. The molecular weight excluding hydrogens is 505 g/mol. The molecular formula is C28H25ClFN7O. The van der Waals surface area contributed by atoms with Gasteiger partial charge in [0.15, 0.2) is 5.82 Å². The Bertz CT molecular complexity index is 1450. The van der Waals surface area contributed by atoms with E-state index in [9.17, 15) is 9.65 Å². The lowest BCUT2D eigenvalue weighted by Gasteiger charge is -2.29. The first-order valence-electron chi connectivity index (χ1n) is 12.1. The standard InChI is InChI=1S/C28H25ClFN7O/c29-23-17-33-28(34-20-8-10-21(11-9-20)37-14-12-32-13-15-37)36-27(23)35-25-6-3-7-26(22(25)16-31)38-18-19-4-1-2-5-24(19)30/h1-11,17,32H,12-15,18H2,(H2,33,34,35,36). The molecule has 1 aliphatic rings. The van der Waals surface area contributed by atoms with Crippen molar-refractivity contribution in [1.29, 1.82) is 5.26 Å². The Labute approximate surface area is 225 Å². The molecule has 0 saturated carbocycles. The number of hydrogen-bond acceptors (Lipinski definition) is 8. The van der Waals surface area contributed by atoms with Crippen LogP contribution in [-0.2, 0) is 6.61 Å². The molecule has 0 amide bonds. The van der Waals surface area contributed by atoms with E-state index < -0.39 is 0 Å². The molecule has 38 heavy (non-hydrogen) atoms. The SMILES string of the molecule is N#Cc1c(Nc2nc(Nc3ccc(N4CCNCC4)cc3)ncc2Cl)cccc1OCc1ccccc1F. The Kier molecular flexibility index (Phi) is 7.83. The molecule has 1 aliphatic heterocycles. The second kappa shape index (κ2) is 11.8. The molecule has 1 saturated heterocycles. The summed E-state index contributed by atoms with van der Waals surface area (Å²) in [5.74, 6) is 0.613. The van der Waals surface area contributed by atoms with Crippen LogP contribution >= 0.6 is 11.6 Å². The van der Waals surface area contributed by atoms with Crippen molar-refractivity contribution in [1.82, 2.24) is 15.3 Å².